The lowest BCUT2D eigenvalue weighted by atomic mass is 9.94. The summed E-state index contributed by atoms with van der Waals surface area (Å²) in [6.07, 6.45) is 0. The summed E-state index contributed by atoms with van der Waals surface area (Å²) >= 11 is 1.55. The fourth-order valence-corrected chi connectivity index (χ4v) is 4.98. The largest absolute Gasteiger partial charge is 0.495 e. The average Bonchev–Trinajstić information content (AvgIpc) is 3.59. The van der Waals surface area contributed by atoms with Crippen LogP contribution in [0.2, 0.25) is 0 Å². The lowest BCUT2D eigenvalue weighted by Gasteiger charge is -2.29. The van der Waals surface area contributed by atoms with Gasteiger partial charge >= 0.3 is 0 Å². The number of ether oxygens (including phenoxy) is 3. The highest BCUT2D eigenvalue weighted by molar-refractivity contribution is 7.13. The Balaban J connectivity index is 1.62. The smallest absolute Gasteiger partial charge is 0.255 e. The first-order valence-electron chi connectivity index (χ1n) is 11.8. The molecule has 9 nitrogen and oxygen atoms in total. The molecule has 0 radical (unpaired) electrons. The van der Waals surface area contributed by atoms with Crippen molar-refractivity contribution in [3.63, 3.8) is 0 Å². The van der Waals surface area contributed by atoms with Crippen LogP contribution in [0.4, 0.5) is 11.6 Å². The van der Waals surface area contributed by atoms with Gasteiger partial charge in [0.05, 0.1) is 37.0 Å². The summed E-state index contributed by atoms with van der Waals surface area (Å²) in [4.78, 5) is 19.5. The summed E-state index contributed by atoms with van der Waals surface area (Å²) < 4.78 is 18.5. The number of nitrogens with zero attached hydrogens (tertiary/aromatic N) is 3. The van der Waals surface area contributed by atoms with E-state index >= 15 is 0 Å². The van der Waals surface area contributed by atoms with Gasteiger partial charge < -0.3 is 24.8 Å². The molecule has 1 aliphatic heterocycles. The first-order valence-corrected chi connectivity index (χ1v) is 12.6. The molecule has 0 fully saturated rings. The molecule has 4 aromatic rings. The van der Waals surface area contributed by atoms with E-state index in [1.807, 2.05) is 61.7 Å². The first-order chi connectivity index (χ1) is 18.0. The van der Waals surface area contributed by atoms with E-state index in [4.69, 9.17) is 24.3 Å². The Bertz CT molecular complexity index is 1460. The van der Waals surface area contributed by atoms with Crippen LogP contribution in [0.5, 0.6) is 17.2 Å². The number of carbonyl (C=O) groups excluding carboxylic acids is 1. The maximum Gasteiger partial charge on any atom is 0.255 e. The minimum Gasteiger partial charge on any atom is -0.495 e. The van der Waals surface area contributed by atoms with Crippen molar-refractivity contribution in [3.05, 3.63) is 76.8 Å². The molecule has 2 aromatic heterocycles. The van der Waals surface area contributed by atoms with E-state index in [1.165, 1.54) is 0 Å². The molecule has 37 heavy (non-hydrogen) atoms. The van der Waals surface area contributed by atoms with E-state index < -0.39 is 6.04 Å². The highest BCUT2D eigenvalue weighted by atomic mass is 32.1. The maximum absolute atomic E-state index is 13.8. The summed E-state index contributed by atoms with van der Waals surface area (Å²) in [5.74, 6) is 2.61. The Labute approximate surface area is 218 Å². The third-order valence-corrected chi connectivity index (χ3v) is 6.86. The zero-order valence-corrected chi connectivity index (χ0v) is 21.8. The van der Waals surface area contributed by atoms with Crippen molar-refractivity contribution in [3.8, 4) is 28.0 Å². The molecule has 5 rings (SSSR count). The highest BCUT2D eigenvalue weighted by Crippen LogP contribution is 2.40. The van der Waals surface area contributed by atoms with Gasteiger partial charge in [-0.3, -0.25) is 4.79 Å². The Morgan fingerprint density at radius 1 is 1.08 bits per heavy atom. The summed E-state index contributed by atoms with van der Waals surface area (Å²) in [6.45, 7) is 4.28. The standard InChI is InChI=1S/C27H27N5O4S/c1-5-36-20-13-12-17(15-21(20)35-4)24-23(26(33)29-18-9-6-7-10-19(18)34-3)16(2)28-27-30-25(31-32(24)27)22-11-8-14-37-22/h6-15,24H,5H2,1-4H3,(H,29,33)(H,28,30,31). The number of methoxy groups -OCH3 is 2. The van der Waals surface area contributed by atoms with Gasteiger partial charge in [0, 0.05) is 5.70 Å². The second kappa shape index (κ2) is 10.4. The number of amides is 1. The molecule has 1 amide bonds. The number of para-hydroxylation sites is 2. The minimum absolute atomic E-state index is 0.286. The Morgan fingerprint density at radius 3 is 2.62 bits per heavy atom. The van der Waals surface area contributed by atoms with E-state index in [2.05, 4.69) is 10.6 Å². The number of anilines is 2. The van der Waals surface area contributed by atoms with E-state index in [1.54, 1.807) is 42.4 Å². The lowest BCUT2D eigenvalue weighted by molar-refractivity contribution is -0.113. The molecule has 2 aromatic carbocycles. The molecule has 10 heteroatoms. The summed E-state index contributed by atoms with van der Waals surface area (Å²) in [5, 5.41) is 13.1. The van der Waals surface area contributed by atoms with Crippen molar-refractivity contribution in [1.82, 2.24) is 14.8 Å². The maximum atomic E-state index is 13.8. The lowest BCUT2D eigenvalue weighted by Crippen LogP contribution is -2.31. The quantitative estimate of drug-likeness (QED) is 0.325. The molecule has 1 atom stereocenters. The van der Waals surface area contributed by atoms with Gasteiger partial charge in [0.2, 0.25) is 5.95 Å². The Kier molecular flexibility index (Phi) is 6.82. The molecule has 0 bridgehead atoms. The molecule has 1 aliphatic rings. The van der Waals surface area contributed by atoms with Crippen molar-refractivity contribution in [2.75, 3.05) is 31.5 Å². The molecule has 2 N–H and O–H groups in total. The number of hydrogen-bond donors (Lipinski definition) is 2. The van der Waals surface area contributed by atoms with Gasteiger partial charge in [-0.25, -0.2) is 4.68 Å². The SMILES string of the molecule is CCOc1ccc(C2C(C(=O)Nc3ccccc3OC)=C(C)Nc3nc(-c4cccs4)nn32)cc1OC. The number of rotatable bonds is 8. The first kappa shape index (κ1) is 24.4. The van der Waals surface area contributed by atoms with Crippen LogP contribution in [0.3, 0.4) is 0 Å². The van der Waals surface area contributed by atoms with Crippen molar-refractivity contribution < 1.29 is 19.0 Å². The number of fused-ring (bicyclic) bond motifs is 1. The molecular formula is C27H27N5O4S. The molecule has 0 aliphatic carbocycles. The second-order valence-corrected chi connectivity index (χ2v) is 9.19. The Morgan fingerprint density at radius 2 is 1.89 bits per heavy atom. The topological polar surface area (TPSA) is 99.5 Å². The number of carbonyl (C=O) groups is 1. The zero-order valence-electron chi connectivity index (χ0n) is 20.9. The fraction of sp³-hybridized carbons (Fsp3) is 0.222. The molecule has 0 saturated carbocycles. The zero-order chi connectivity index (χ0) is 25.9. The van der Waals surface area contributed by atoms with Crippen molar-refractivity contribution in [1.29, 1.82) is 0 Å². The predicted octanol–water partition coefficient (Wildman–Crippen LogP) is 5.35. The second-order valence-electron chi connectivity index (χ2n) is 8.24. The number of nitrogens with one attached hydrogen (secondary N) is 2. The summed E-state index contributed by atoms with van der Waals surface area (Å²) in [6, 6.07) is 16.3. The van der Waals surface area contributed by atoms with Crippen LogP contribution in [0.1, 0.15) is 25.5 Å². The van der Waals surface area contributed by atoms with Crippen LogP contribution in [-0.4, -0.2) is 41.5 Å². The van der Waals surface area contributed by atoms with Crippen LogP contribution in [-0.2, 0) is 4.79 Å². The third kappa shape index (κ3) is 4.63. The summed E-state index contributed by atoms with van der Waals surface area (Å²) in [7, 11) is 3.16. The van der Waals surface area contributed by atoms with Crippen molar-refractivity contribution in [2.45, 2.75) is 19.9 Å². The van der Waals surface area contributed by atoms with Gasteiger partial charge in [0.15, 0.2) is 17.3 Å². The number of hydrogen-bond acceptors (Lipinski definition) is 8. The number of benzene rings is 2. The van der Waals surface area contributed by atoms with Crippen LogP contribution in [0, 0.1) is 0 Å². The molecule has 0 saturated heterocycles. The fourth-order valence-electron chi connectivity index (χ4n) is 4.33. The van der Waals surface area contributed by atoms with Gasteiger partial charge in [-0.2, -0.15) is 4.98 Å². The monoisotopic (exact) mass is 517 g/mol. The number of allylic oxidation sites excluding steroid dienone is 1. The molecule has 1 unspecified atom stereocenters. The number of aromatic nitrogens is 3. The van der Waals surface area contributed by atoms with E-state index in [-0.39, 0.29) is 5.91 Å². The normalized spacial score (nSPS) is 14.5. The molecule has 3 heterocycles. The van der Waals surface area contributed by atoms with Gasteiger partial charge in [-0.1, -0.05) is 24.3 Å². The number of thiophene rings is 1. The third-order valence-electron chi connectivity index (χ3n) is 6.00. The van der Waals surface area contributed by atoms with Crippen LogP contribution >= 0.6 is 11.3 Å². The van der Waals surface area contributed by atoms with Gasteiger partial charge in [0.25, 0.3) is 5.91 Å². The van der Waals surface area contributed by atoms with E-state index in [9.17, 15) is 4.79 Å². The average molecular weight is 518 g/mol. The molecule has 190 valence electrons. The van der Waals surface area contributed by atoms with Gasteiger partial charge in [-0.15, -0.1) is 16.4 Å². The van der Waals surface area contributed by atoms with E-state index in [0.29, 0.717) is 52.6 Å². The van der Waals surface area contributed by atoms with E-state index in [0.717, 1.165) is 10.4 Å². The van der Waals surface area contributed by atoms with Crippen LogP contribution in [0.15, 0.2) is 71.2 Å². The van der Waals surface area contributed by atoms with Crippen LogP contribution in [0.25, 0.3) is 10.7 Å². The molecule has 0 spiro atoms. The van der Waals surface area contributed by atoms with Crippen molar-refractivity contribution >= 4 is 28.9 Å². The minimum atomic E-state index is -0.572. The highest BCUT2D eigenvalue weighted by Gasteiger charge is 2.35. The molecular weight excluding hydrogens is 490 g/mol. The Hall–Kier alpha value is -4.31. The van der Waals surface area contributed by atoms with Gasteiger partial charge in [0.1, 0.15) is 11.8 Å². The van der Waals surface area contributed by atoms with Gasteiger partial charge in [-0.05, 0) is 55.1 Å². The van der Waals surface area contributed by atoms with Crippen LogP contribution < -0.4 is 24.8 Å². The van der Waals surface area contributed by atoms with Crippen molar-refractivity contribution in [2.24, 2.45) is 0 Å². The predicted molar refractivity (Wildman–Crippen MR) is 144 cm³/mol. The summed E-state index contributed by atoms with van der Waals surface area (Å²) in [5.41, 5.74) is 2.53.